The number of likely N-dealkylation sites (tertiary alicyclic amines) is 1. The van der Waals surface area contributed by atoms with Gasteiger partial charge in [0, 0.05) is 38.3 Å². The number of carbonyl (C=O) groups excluding carboxylic acids is 1. The summed E-state index contributed by atoms with van der Waals surface area (Å²) in [5.74, 6) is 0.203. The summed E-state index contributed by atoms with van der Waals surface area (Å²) in [6, 6.07) is 17.6. The summed E-state index contributed by atoms with van der Waals surface area (Å²) in [6.45, 7) is 2.41. The van der Waals surface area contributed by atoms with Crippen LogP contribution in [0.3, 0.4) is 0 Å². The van der Waals surface area contributed by atoms with Crippen molar-refractivity contribution in [1.29, 1.82) is 0 Å². The number of quaternary nitrogens is 1. The first-order chi connectivity index (χ1) is 15.8. The minimum atomic E-state index is -1.41. The lowest BCUT2D eigenvalue weighted by molar-refractivity contribution is -0.916. The molecule has 1 amide bonds. The molecule has 5 nitrogen and oxygen atoms in total. The fourth-order valence-electron chi connectivity index (χ4n) is 5.84. The number of benzene rings is 2. The quantitative estimate of drug-likeness (QED) is 0.624. The molecule has 2 aromatic carbocycles. The highest BCUT2D eigenvalue weighted by molar-refractivity contribution is 5.87. The third-order valence-corrected chi connectivity index (χ3v) is 8.14. The number of rotatable bonds is 7. The van der Waals surface area contributed by atoms with Crippen LogP contribution in [0.2, 0.25) is 0 Å². The lowest BCUT2D eigenvalue weighted by Crippen LogP contribution is -2.58. The second-order valence-electron chi connectivity index (χ2n) is 10.6. The second-order valence-corrected chi connectivity index (χ2v) is 10.6. The molecule has 1 atom stereocenters. The summed E-state index contributed by atoms with van der Waals surface area (Å²) in [5.41, 5.74) is 0.568. The Bertz CT molecular complexity index is 914. The molecule has 1 saturated heterocycles. The van der Waals surface area contributed by atoms with Crippen molar-refractivity contribution in [3.8, 4) is 5.75 Å². The minimum Gasteiger partial charge on any atom is -0.508 e. The SMILES string of the molecule is C[N+](C)(CCc1ccc(O)cc1)C1CCN(C(=O)[C@](O)(c2ccccc2)C2CCCC2)CC1. The Hall–Kier alpha value is -2.37. The van der Waals surface area contributed by atoms with Gasteiger partial charge in [-0.2, -0.15) is 0 Å². The third-order valence-electron chi connectivity index (χ3n) is 8.14. The van der Waals surface area contributed by atoms with E-state index >= 15 is 0 Å². The van der Waals surface area contributed by atoms with Crippen LogP contribution in [0, 0.1) is 5.92 Å². The number of likely N-dealkylation sites (N-methyl/N-ethyl adjacent to an activating group) is 1. The van der Waals surface area contributed by atoms with E-state index in [9.17, 15) is 15.0 Å². The van der Waals surface area contributed by atoms with E-state index in [2.05, 4.69) is 14.1 Å². The zero-order valence-electron chi connectivity index (χ0n) is 20.1. The maximum atomic E-state index is 13.8. The topological polar surface area (TPSA) is 60.8 Å². The molecule has 5 heteroatoms. The molecule has 2 aliphatic rings. The second kappa shape index (κ2) is 9.86. The van der Waals surface area contributed by atoms with Gasteiger partial charge in [0.25, 0.3) is 5.91 Å². The van der Waals surface area contributed by atoms with Gasteiger partial charge in [-0.15, -0.1) is 0 Å². The van der Waals surface area contributed by atoms with E-state index in [1.807, 2.05) is 47.4 Å². The summed E-state index contributed by atoms with van der Waals surface area (Å²) in [6.07, 6.45) is 6.85. The molecular formula is C28H39N2O3+. The first kappa shape index (κ1) is 23.8. The maximum Gasteiger partial charge on any atom is 0.259 e. The number of amides is 1. The van der Waals surface area contributed by atoms with Crippen molar-refractivity contribution in [2.24, 2.45) is 5.92 Å². The van der Waals surface area contributed by atoms with Crippen LogP contribution < -0.4 is 0 Å². The van der Waals surface area contributed by atoms with Crippen LogP contribution in [0.4, 0.5) is 0 Å². The number of piperidine rings is 1. The Balaban J connectivity index is 1.40. The Morgan fingerprint density at radius 2 is 1.58 bits per heavy atom. The molecular weight excluding hydrogens is 412 g/mol. The van der Waals surface area contributed by atoms with Crippen LogP contribution in [0.1, 0.15) is 49.7 Å². The van der Waals surface area contributed by atoms with Gasteiger partial charge >= 0.3 is 0 Å². The highest BCUT2D eigenvalue weighted by Crippen LogP contribution is 2.42. The van der Waals surface area contributed by atoms with E-state index in [-0.39, 0.29) is 11.8 Å². The molecule has 33 heavy (non-hydrogen) atoms. The molecule has 2 N–H and O–H groups in total. The molecule has 178 valence electrons. The molecule has 1 heterocycles. The highest BCUT2D eigenvalue weighted by atomic mass is 16.3. The van der Waals surface area contributed by atoms with Crippen molar-refractivity contribution in [2.75, 3.05) is 33.7 Å². The van der Waals surface area contributed by atoms with E-state index in [0.717, 1.165) is 61.5 Å². The molecule has 4 rings (SSSR count). The van der Waals surface area contributed by atoms with Crippen LogP contribution in [-0.4, -0.2) is 65.3 Å². The summed E-state index contributed by atoms with van der Waals surface area (Å²) in [7, 11) is 4.56. The Morgan fingerprint density at radius 3 is 2.18 bits per heavy atom. The number of phenols is 1. The number of hydrogen-bond donors (Lipinski definition) is 2. The number of nitrogens with zero attached hydrogens (tertiary/aromatic N) is 2. The van der Waals surface area contributed by atoms with Crippen molar-refractivity contribution in [1.82, 2.24) is 4.90 Å². The van der Waals surface area contributed by atoms with Crippen molar-refractivity contribution in [2.45, 2.75) is 56.6 Å². The molecule has 2 fully saturated rings. The van der Waals surface area contributed by atoms with Crippen molar-refractivity contribution in [3.63, 3.8) is 0 Å². The average molecular weight is 452 g/mol. The molecule has 0 bridgehead atoms. The van der Waals surface area contributed by atoms with Crippen LogP contribution in [0.15, 0.2) is 54.6 Å². The van der Waals surface area contributed by atoms with Crippen LogP contribution in [0.25, 0.3) is 0 Å². The summed E-state index contributed by atoms with van der Waals surface area (Å²) in [4.78, 5) is 15.7. The predicted molar refractivity (Wildman–Crippen MR) is 131 cm³/mol. The molecule has 1 saturated carbocycles. The molecule has 0 radical (unpaired) electrons. The number of phenolic OH excluding ortho intramolecular Hbond substituents is 1. The van der Waals surface area contributed by atoms with Crippen LogP contribution >= 0.6 is 0 Å². The van der Waals surface area contributed by atoms with Gasteiger partial charge in [-0.25, -0.2) is 0 Å². The lowest BCUT2D eigenvalue weighted by atomic mass is 9.78. The fraction of sp³-hybridized carbons (Fsp3) is 0.536. The fourth-order valence-corrected chi connectivity index (χ4v) is 5.84. The zero-order chi connectivity index (χ0) is 23.5. The minimum absolute atomic E-state index is 0.00246. The van der Waals surface area contributed by atoms with Gasteiger partial charge in [0.1, 0.15) is 5.75 Å². The molecule has 0 unspecified atom stereocenters. The average Bonchev–Trinajstić information content (AvgIpc) is 3.39. The van der Waals surface area contributed by atoms with E-state index in [4.69, 9.17) is 0 Å². The number of carbonyl (C=O) groups is 1. The predicted octanol–water partition coefficient (Wildman–Crippen LogP) is 4.08. The van der Waals surface area contributed by atoms with E-state index in [1.54, 1.807) is 12.1 Å². The van der Waals surface area contributed by atoms with Gasteiger partial charge in [0.2, 0.25) is 0 Å². The van der Waals surface area contributed by atoms with Crippen molar-refractivity contribution in [3.05, 3.63) is 65.7 Å². The third kappa shape index (κ3) is 5.10. The summed E-state index contributed by atoms with van der Waals surface area (Å²) in [5, 5.41) is 21.3. The van der Waals surface area contributed by atoms with Gasteiger partial charge in [-0.3, -0.25) is 4.79 Å². The molecule has 2 aromatic rings. The van der Waals surface area contributed by atoms with Gasteiger partial charge < -0.3 is 19.6 Å². The van der Waals surface area contributed by atoms with Gasteiger partial charge in [0.05, 0.1) is 26.7 Å². The largest absolute Gasteiger partial charge is 0.508 e. The molecule has 1 aliphatic carbocycles. The normalized spacial score (nSPS) is 20.0. The van der Waals surface area contributed by atoms with Crippen LogP contribution in [-0.2, 0) is 16.8 Å². The smallest absolute Gasteiger partial charge is 0.259 e. The highest BCUT2D eigenvalue weighted by Gasteiger charge is 2.49. The number of hydrogen-bond acceptors (Lipinski definition) is 3. The van der Waals surface area contributed by atoms with Gasteiger partial charge in [-0.1, -0.05) is 55.3 Å². The van der Waals surface area contributed by atoms with E-state index in [0.29, 0.717) is 24.9 Å². The van der Waals surface area contributed by atoms with Crippen molar-refractivity contribution >= 4 is 5.91 Å². The van der Waals surface area contributed by atoms with Gasteiger partial charge in [-0.05, 0) is 36.1 Å². The van der Waals surface area contributed by atoms with Crippen LogP contribution in [0.5, 0.6) is 5.75 Å². The number of aromatic hydroxyl groups is 1. The zero-order valence-corrected chi connectivity index (χ0v) is 20.1. The van der Waals surface area contributed by atoms with Crippen molar-refractivity contribution < 1.29 is 19.5 Å². The first-order valence-corrected chi connectivity index (χ1v) is 12.5. The summed E-state index contributed by atoms with van der Waals surface area (Å²) < 4.78 is 0.911. The molecule has 0 spiro atoms. The van der Waals surface area contributed by atoms with E-state index in [1.165, 1.54) is 5.56 Å². The maximum absolute atomic E-state index is 13.8. The van der Waals surface area contributed by atoms with Gasteiger partial charge in [0.15, 0.2) is 5.60 Å². The summed E-state index contributed by atoms with van der Waals surface area (Å²) >= 11 is 0. The monoisotopic (exact) mass is 451 g/mol. The van der Waals surface area contributed by atoms with E-state index < -0.39 is 5.60 Å². The molecule has 0 aromatic heterocycles. The Labute approximate surface area is 198 Å². The Morgan fingerprint density at radius 1 is 0.970 bits per heavy atom. The number of aliphatic hydroxyl groups is 1. The first-order valence-electron chi connectivity index (χ1n) is 12.5. The standard InChI is InChI=1S/C28H38N2O3/c1-30(2,21-18-22-12-14-26(31)15-13-22)25-16-19-29(20-17-25)27(32)28(33,24-10-6-7-11-24)23-8-4-3-5-9-23/h3-5,8-9,12-15,24-25,33H,6-7,10-11,16-21H2,1-2H3/p+1/t28-/m0/s1. The lowest BCUT2D eigenvalue weighted by Gasteiger charge is -2.45. The molecule has 1 aliphatic heterocycles. The Kier molecular flexibility index (Phi) is 7.10.